The van der Waals surface area contributed by atoms with E-state index in [2.05, 4.69) is 9.97 Å². The van der Waals surface area contributed by atoms with Crippen LogP contribution in [-0.4, -0.2) is 52.3 Å². The molecule has 1 saturated heterocycles. The molecule has 1 aliphatic rings. The molecular formula is C12H18N4O2S. The zero-order chi connectivity index (χ0) is 13.8. The van der Waals surface area contributed by atoms with Gasteiger partial charge in [-0.15, -0.1) is 0 Å². The third-order valence-corrected chi connectivity index (χ3v) is 3.60. The smallest absolute Gasteiger partial charge is 0.233 e. The molecule has 19 heavy (non-hydrogen) atoms. The average Bonchev–Trinajstić information content (AvgIpc) is 2.35. The fourth-order valence-corrected chi connectivity index (χ4v) is 2.71. The third-order valence-electron chi connectivity index (χ3n) is 2.77. The minimum Gasteiger partial charge on any atom is -0.384 e. The van der Waals surface area contributed by atoms with Gasteiger partial charge in [0.25, 0.3) is 0 Å². The molecule has 1 atom stereocenters. The van der Waals surface area contributed by atoms with Crippen LogP contribution in [0.2, 0.25) is 0 Å². The SMILES string of the molecule is Cc1cc(N)nc(SCC(=O)N2CCOC(C)C2)n1. The molecule has 0 spiro atoms. The Labute approximate surface area is 116 Å². The molecule has 7 heteroatoms. The predicted molar refractivity (Wildman–Crippen MR) is 73.9 cm³/mol. The van der Waals surface area contributed by atoms with E-state index in [4.69, 9.17) is 10.5 Å². The van der Waals surface area contributed by atoms with Crippen LogP contribution in [0.3, 0.4) is 0 Å². The number of hydrogen-bond donors (Lipinski definition) is 1. The molecule has 1 fully saturated rings. The Kier molecular flexibility index (Phi) is 4.60. The first-order valence-corrected chi connectivity index (χ1v) is 7.16. The Morgan fingerprint density at radius 3 is 3.11 bits per heavy atom. The van der Waals surface area contributed by atoms with Gasteiger partial charge in [-0.25, -0.2) is 9.97 Å². The van der Waals surface area contributed by atoms with Gasteiger partial charge in [-0.2, -0.15) is 0 Å². The van der Waals surface area contributed by atoms with Gasteiger partial charge in [-0.1, -0.05) is 11.8 Å². The maximum atomic E-state index is 12.0. The van der Waals surface area contributed by atoms with Gasteiger partial charge in [0.2, 0.25) is 5.91 Å². The molecule has 1 amide bonds. The molecule has 0 radical (unpaired) electrons. The van der Waals surface area contributed by atoms with Crippen LogP contribution in [0.4, 0.5) is 5.82 Å². The van der Waals surface area contributed by atoms with Crippen molar-refractivity contribution in [3.63, 3.8) is 0 Å². The van der Waals surface area contributed by atoms with Crippen molar-refractivity contribution in [1.82, 2.24) is 14.9 Å². The average molecular weight is 282 g/mol. The van der Waals surface area contributed by atoms with Crippen LogP contribution >= 0.6 is 11.8 Å². The molecule has 1 unspecified atom stereocenters. The molecule has 0 aliphatic carbocycles. The standard InChI is InChI=1S/C12H18N4O2S/c1-8-5-10(13)15-12(14-8)19-7-11(17)16-3-4-18-9(2)6-16/h5,9H,3-4,6-7H2,1-2H3,(H2,13,14,15). The largest absolute Gasteiger partial charge is 0.384 e. The van der Waals surface area contributed by atoms with Gasteiger partial charge in [0, 0.05) is 24.8 Å². The summed E-state index contributed by atoms with van der Waals surface area (Å²) in [6, 6.07) is 1.70. The third kappa shape index (κ3) is 4.07. The molecular weight excluding hydrogens is 264 g/mol. The van der Waals surface area contributed by atoms with Crippen LogP contribution in [0.15, 0.2) is 11.2 Å². The molecule has 0 aromatic carbocycles. The lowest BCUT2D eigenvalue weighted by molar-refractivity contribution is -0.135. The number of carbonyl (C=O) groups excluding carboxylic acids is 1. The van der Waals surface area contributed by atoms with Crippen molar-refractivity contribution in [3.8, 4) is 0 Å². The number of carbonyl (C=O) groups is 1. The highest BCUT2D eigenvalue weighted by atomic mass is 32.2. The number of amides is 1. The number of aromatic nitrogens is 2. The minimum atomic E-state index is 0.0869. The normalized spacial score (nSPS) is 19.5. The van der Waals surface area contributed by atoms with Gasteiger partial charge >= 0.3 is 0 Å². The Balaban J connectivity index is 1.89. The number of morpholine rings is 1. The van der Waals surface area contributed by atoms with Crippen molar-refractivity contribution in [2.24, 2.45) is 0 Å². The molecule has 0 saturated carbocycles. The van der Waals surface area contributed by atoms with E-state index in [9.17, 15) is 4.79 Å². The van der Waals surface area contributed by atoms with E-state index in [0.29, 0.717) is 36.4 Å². The Bertz CT molecular complexity index is 449. The van der Waals surface area contributed by atoms with E-state index < -0.39 is 0 Å². The number of nitrogens with two attached hydrogens (primary N) is 1. The summed E-state index contributed by atoms with van der Waals surface area (Å²) >= 11 is 1.32. The van der Waals surface area contributed by atoms with Crippen molar-refractivity contribution < 1.29 is 9.53 Å². The van der Waals surface area contributed by atoms with E-state index in [-0.39, 0.29) is 12.0 Å². The quantitative estimate of drug-likeness (QED) is 0.649. The fraction of sp³-hybridized carbons (Fsp3) is 0.583. The lowest BCUT2D eigenvalue weighted by atomic mass is 10.3. The number of rotatable bonds is 3. The van der Waals surface area contributed by atoms with Crippen LogP contribution in [0.25, 0.3) is 0 Å². The van der Waals surface area contributed by atoms with Crippen molar-refractivity contribution in [1.29, 1.82) is 0 Å². The molecule has 1 aliphatic heterocycles. The zero-order valence-corrected chi connectivity index (χ0v) is 11.9. The van der Waals surface area contributed by atoms with Crippen molar-refractivity contribution >= 4 is 23.5 Å². The van der Waals surface area contributed by atoms with Crippen LogP contribution in [0.1, 0.15) is 12.6 Å². The predicted octanol–water partition coefficient (Wildman–Crippen LogP) is 0.707. The summed E-state index contributed by atoms with van der Waals surface area (Å²) in [4.78, 5) is 22.2. The minimum absolute atomic E-state index is 0.0869. The second-order valence-electron chi connectivity index (χ2n) is 4.53. The summed E-state index contributed by atoms with van der Waals surface area (Å²) in [7, 11) is 0. The first-order valence-electron chi connectivity index (χ1n) is 6.18. The van der Waals surface area contributed by atoms with E-state index in [1.165, 1.54) is 11.8 Å². The monoisotopic (exact) mass is 282 g/mol. The highest BCUT2D eigenvalue weighted by molar-refractivity contribution is 7.99. The molecule has 1 aromatic heterocycles. The van der Waals surface area contributed by atoms with E-state index in [0.717, 1.165) is 5.69 Å². The topological polar surface area (TPSA) is 81.3 Å². The summed E-state index contributed by atoms with van der Waals surface area (Å²) in [5, 5.41) is 0.548. The highest BCUT2D eigenvalue weighted by Crippen LogP contribution is 2.16. The van der Waals surface area contributed by atoms with Gasteiger partial charge in [-0.05, 0) is 13.8 Å². The van der Waals surface area contributed by atoms with Gasteiger partial charge in [0.1, 0.15) is 5.82 Å². The fourth-order valence-electron chi connectivity index (χ4n) is 1.89. The van der Waals surface area contributed by atoms with E-state index >= 15 is 0 Å². The molecule has 104 valence electrons. The number of hydrogen-bond acceptors (Lipinski definition) is 6. The number of ether oxygens (including phenoxy) is 1. The Hall–Kier alpha value is -1.34. The highest BCUT2D eigenvalue weighted by Gasteiger charge is 2.21. The first kappa shape index (κ1) is 14.1. The van der Waals surface area contributed by atoms with Crippen LogP contribution < -0.4 is 5.73 Å². The van der Waals surface area contributed by atoms with Gasteiger partial charge < -0.3 is 15.4 Å². The first-order chi connectivity index (χ1) is 9.04. The second-order valence-corrected chi connectivity index (χ2v) is 5.47. The number of aryl methyl sites for hydroxylation is 1. The Morgan fingerprint density at radius 1 is 1.63 bits per heavy atom. The molecule has 0 bridgehead atoms. The van der Waals surface area contributed by atoms with Crippen molar-refractivity contribution in [2.75, 3.05) is 31.2 Å². The summed E-state index contributed by atoms with van der Waals surface area (Å²) < 4.78 is 5.41. The van der Waals surface area contributed by atoms with Crippen LogP contribution in [0, 0.1) is 6.92 Å². The summed E-state index contributed by atoms with van der Waals surface area (Å²) in [5.74, 6) is 0.849. The summed E-state index contributed by atoms with van der Waals surface area (Å²) in [6.45, 7) is 5.73. The molecule has 6 nitrogen and oxygen atoms in total. The van der Waals surface area contributed by atoms with Crippen LogP contribution in [-0.2, 0) is 9.53 Å². The van der Waals surface area contributed by atoms with E-state index in [1.807, 2.05) is 18.7 Å². The van der Waals surface area contributed by atoms with Crippen molar-refractivity contribution in [3.05, 3.63) is 11.8 Å². The molecule has 2 rings (SSSR count). The van der Waals surface area contributed by atoms with Gasteiger partial charge in [-0.3, -0.25) is 4.79 Å². The lowest BCUT2D eigenvalue weighted by Gasteiger charge is -2.31. The zero-order valence-electron chi connectivity index (χ0n) is 11.1. The number of nitrogen functional groups attached to an aromatic ring is 1. The van der Waals surface area contributed by atoms with Crippen molar-refractivity contribution in [2.45, 2.75) is 25.1 Å². The molecule has 1 aromatic rings. The maximum absolute atomic E-state index is 12.0. The van der Waals surface area contributed by atoms with Gasteiger partial charge in [0.05, 0.1) is 18.5 Å². The number of anilines is 1. The molecule has 2 N–H and O–H groups in total. The lowest BCUT2D eigenvalue weighted by Crippen LogP contribution is -2.45. The van der Waals surface area contributed by atoms with Gasteiger partial charge in [0.15, 0.2) is 5.16 Å². The van der Waals surface area contributed by atoms with Crippen LogP contribution in [0.5, 0.6) is 0 Å². The molecule has 2 heterocycles. The maximum Gasteiger partial charge on any atom is 0.233 e. The van der Waals surface area contributed by atoms with E-state index in [1.54, 1.807) is 6.07 Å². The second kappa shape index (κ2) is 6.21. The summed E-state index contributed by atoms with van der Waals surface area (Å²) in [6.07, 6.45) is 0.105. The number of thioether (sulfide) groups is 1. The number of nitrogens with zero attached hydrogens (tertiary/aromatic N) is 3. The summed E-state index contributed by atoms with van der Waals surface area (Å²) in [5.41, 5.74) is 6.46. The Morgan fingerprint density at radius 2 is 2.42 bits per heavy atom.